The summed E-state index contributed by atoms with van der Waals surface area (Å²) in [4.78, 5) is 6.83. The van der Waals surface area contributed by atoms with Crippen LogP contribution in [0.1, 0.15) is 5.69 Å². The first-order valence-corrected chi connectivity index (χ1v) is 6.43. The van der Waals surface area contributed by atoms with Gasteiger partial charge in [0, 0.05) is 24.6 Å². The van der Waals surface area contributed by atoms with Gasteiger partial charge in [-0.2, -0.15) is 11.8 Å². The van der Waals surface area contributed by atoms with Gasteiger partial charge in [0.25, 0.3) is 0 Å². The molecule has 0 unspecified atom stereocenters. The second kappa shape index (κ2) is 4.89. The first-order valence-electron chi connectivity index (χ1n) is 4.75. The fourth-order valence-corrected chi connectivity index (χ4v) is 2.56. The largest absolute Gasteiger partial charge is 0.355 e. The minimum Gasteiger partial charge on any atom is -0.355 e. The maximum atomic E-state index is 5.75. The van der Waals surface area contributed by atoms with Crippen LogP contribution in [0.2, 0.25) is 0 Å². The fraction of sp³-hybridized carbons (Fsp3) is 0.500. The lowest BCUT2D eigenvalue weighted by molar-refractivity contribution is 0.835. The minimum absolute atomic E-state index is 0.496. The van der Waals surface area contributed by atoms with Crippen LogP contribution in [0.5, 0.6) is 0 Å². The van der Waals surface area contributed by atoms with Gasteiger partial charge < -0.3 is 4.90 Å². The molecule has 2 nitrogen and oxygen atoms in total. The third-order valence-electron chi connectivity index (χ3n) is 2.26. The Hall–Kier alpha value is -0.410. The zero-order chi connectivity index (χ0) is 9.80. The van der Waals surface area contributed by atoms with Crippen LogP contribution >= 0.6 is 23.4 Å². The maximum Gasteiger partial charge on any atom is 0.128 e. The molecule has 14 heavy (non-hydrogen) atoms. The number of anilines is 1. The highest BCUT2D eigenvalue weighted by Gasteiger charge is 2.11. The number of alkyl halides is 1. The number of pyridine rings is 1. The molecule has 1 aliphatic rings. The fourth-order valence-electron chi connectivity index (χ4n) is 1.51. The average Bonchev–Trinajstić information content (AvgIpc) is 2.30. The Bertz CT molecular complexity index is 300. The van der Waals surface area contributed by atoms with Gasteiger partial charge >= 0.3 is 0 Å². The molecule has 1 aromatic rings. The molecular weight excluding hydrogens is 216 g/mol. The predicted molar refractivity (Wildman–Crippen MR) is 63.3 cm³/mol. The molecule has 0 aromatic carbocycles. The molecule has 0 bridgehead atoms. The SMILES string of the molecule is ClCc1cccc(N2CCSCC2)n1. The van der Waals surface area contributed by atoms with Gasteiger partial charge in [-0.15, -0.1) is 11.6 Å². The van der Waals surface area contributed by atoms with Crippen molar-refractivity contribution in [3.05, 3.63) is 23.9 Å². The molecule has 0 radical (unpaired) electrons. The van der Waals surface area contributed by atoms with Crippen molar-refractivity contribution in [3.8, 4) is 0 Å². The van der Waals surface area contributed by atoms with Gasteiger partial charge in [0.05, 0.1) is 11.6 Å². The molecule has 2 rings (SSSR count). The number of nitrogens with zero attached hydrogens (tertiary/aromatic N) is 2. The van der Waals surface area contributed by atoms with E-state index in [1.54, 1.807) is 0 Å². The number of rotatable bonds is 2. The van der Waals surface area contributed by atoms with Gasteiger partial charge in [-0.3, -0.25) is 0 Å². The van der Waals surface area contributed by atoms with Gasteiger partial charge in [-0.25, -0.2) is 4.98 Å². The molecule has 2 heterocycles. The highest BCUT2D eigenvalue weighted by molar-refractivity contribution is 7.99. The number of halogens is 1. The van der Waals surface area contributed by atoms with E-state index in [1.165, 1.54) is 11.5 Å². The maximum absolute atomic E-state index is 5.75. The van der Waals surface area contributed by atoms with E-state index in [-0.39, 0.29) is 0 Å². The molecule has 0 spiro atoms. The van der Waals surface area contributed by atoms with Gasteiger partial charge in [0.1, 0.15) is 5.82 Å². The normalized spacial score (nSPS) is 17.1. The second-order valence-corrected chi connectivity index (χ2v) is 4.71. The molecule has 0 N–H and O–H groups in total. The summed E-state index contributed by atoms with van der Waals surface area (Å²) >= 11 is 7.76. The van der Waals surface area contributed by atoms with Crippen molar-refractivity contribution >= 4 is 29.2 Å². The predicted octanol–water partition coefficient (Wildman–Crippen LogP) is 2.37. The standard InChI is InChI=1S/C10H13ClN2S/c11-8-9-2-1-3-10(12-9)13-4-6-14-7-5-13/h1-3H,4-8H2. The van der Waals surface area contributed by atoms with E-state index in [4.69, 9.17) is 11.6 Å². The summed E-state index contributed by atoms with van der Waals surface area (Å²) in [6.45, 7) is 2.20. The molecule has 4 heteroatoms. The molecular formula is C10H13ClN2S. The zero-order valence-electron chi connectivity index (χ0n) is 7.95. The molecule has 0 saturated carbocycles. The Balaban J connectivity index is 2.13. The highest BCUT2D eigenvalue weighted by Crippen LogP contribution is 2.17. The average molecular weight is 229 g/mol. The Morgan fingerprint density at radius 2 is 2.14 bits per heavy atom. The van der Waals surface area contributed by atoms with E-state index in [1.807, 2.05) is 23.9 Å². The molecule has 1 saturated heterocycles. The van der Waals surface area contributed by atoms with Crippen molar-refractivity contribution in [2.45, 2.75) is 5.88 Å². The Kier molecular flexibility index (Phi) is 3.54. The zero-order valence-corrected chi connectivity index (χ0v) is 9.52. The van der Waals surface area contributed by atoms with E-state index in [0.717, 1.165) is 24.6 Å². The van der Waals surface area contributed by atoms with Crippen LogP contribution in [0.4, 0.5) is 5.82 Å². The lowest BCUT2D eigenvalue weighted by Crippen LogP contribution is -2.33. The highest BCUT2D eigenvalue weighted by atomic mass is 35.5. The first-order chi connectivity index (χ1) is 6.90. The van der Waals surface area contributed by atoms with E-state index < -0.39 is 0 Å². The molecule has 76 valence electrons. The summed E-state index contributed by atoms with van der Waals surface area (Å²) in [5.41, 5.74) is 0.961. The third kappa shape index (κ3) is 2.34. The summed E-state index contributed by atoms with van der Waals surface area (Å²) in [6, 6.07) is 6.06. The van der Waals surface area contributed by atoms with Crippen LogP contribution in [-0.4, -0.2) is 29.6 Å². The Morgan fingerprint density at radius 3 is 2.86 bits per heavy atom. The number of aromatic nitrogens is 1. The van der Waals surface area contributed by atoms with Crippen LogP contribution in [0.15, 0.2) is 18.2 Å². The molecule has 0 amide bonds. The van der Waals surface area contributed by atoms with Gasteiger partial charge in [0.2, 0.25) is 0 Å². The van der Waals surface area contributed by atoms with Crippen molar-refractivity contribution in [2.24, 2.45) is 0 Å². The van der Waals surface area contributed by atoms with Crippen molar-refractivity contribution in [1.29, 1.82) is 0 Å². The third-order valence-corrected chi connectivity index (χ3v) is 3.48. The first kappa shape index (κ1) is 10.1. The summed E-state index contributed by atoms with van der Waals surface area (Å²) in [5.74, 6) is 3.97. The number of hydrogen-bond donors (Lipinski definition) is 0. The van der Waals surface area contributed by atoms with Crippen LogP contribution in [0.3, 0.4) is 0 Å². The number of hydrogen-bond acceptors (Lipinski definition) is 3. The van der Waals surface area contributed by atoms with E-state index in [2.05, 4.69) is 16.0 Å². The molecule has 1 fully saturated rings. The Morgan fingerprint density at radius 1 is 1.36 bits per heavy atom. The van der Waals surface area contributed by atoms with Gasteiger partial charge in [0.15, 0.2) is 0 Å². The monoisotopic (exact) mass is 228 g/mol. The quantitative estimate of drug-likeness (QED) is 0.724. The smallest absolute Gasteiger partial charge is 0.128 e. The topological polar surface area (TPSA) is 16.1 Å². The van der Waals surface area contributed by atoms with E-state index in [0.29, 0.717) is 5.88 Å². The van der Waals surface area contributed by atoms with Crippen LogP contribution in [0, 0.1) is 0 Å². The molecule has 1 aromatic heterocycles. The van der Waals surface area contributed by atoms with E-state index >= 15 is 0 Å². The molecule has 0 atom stereocenters. The lowest BCUT2D eigenvalue weighted by atomic mass is 10.3. The summed E-state index contributed by atoms with van der Waals surface area (Å²) in [7, 11) is 0. The van der Waals surface area contributed by atoms with E-state index in [9.17, 15) is 0 Å². The van der Waals surface area contributed by atoms with Crippen LogP contribution < -0.4 is 4.90 Å². The van der Waals surface area contributed by atoms with Crippen molar-refractivity contribution in [2.75, 3.05) is 29.5 Å². The second-order valence-electron chi connectivity index (χ2n) is 3.22. The summed E-state index contributed by atoms with van der Waals surface area (Å²) < 4.78 is 0. The molecule has 1 aliphatic heterocycles. The van der Waals surface area contributed by atoms with Gasteiger partial charge in [-0.1, -0.05) is 6.07 Å². The van der Waals surface area contributed by atoms with Crippen LogP contribution in [0.25, 0.3) is 0 Å². The van der Waals surface area contributed by atoms with Gasteiger partial charge in [-0.05, 0) is 12.1 Å². The van der Waals surface area contributed by atoms with Crippen molar-refractivity contribution in [3.63, 3.8) is 0 Å². The minimum atomic E-state index is 0.496. The van der Waals surface area contributed by atoms with Crippen molar-refractivity contribution in [1.82, 2.24) is 4.98 Å². The Labute approximate surface area is 93.7 Å². The molecule has 0 aliphatic carbocycles. The summed E-state index contributed by atoms with van der Waals surface area (Å²) in [6.07, 6.45) is 0. The lowest BCUT2D eigenvalue weighted by Gasteiger charge is -2.27. The van der Waals surface area contributed by atoms with Crippen molar-refractivity contribution < 1.29 is 0 Å². The van der Waals surface area contributed by atoms with Crippen LogP contribution in [-0.2, 0) is 5.88 Å². The number of thioether (sulfide) groups is 1. The summed E-state index contributed by atoms with van der Waals surface area (Å²) in [5, 5.41) is 0.